The van der Waals surface area contributed by atoms with Crippen LogP contribution in [0.5, 0.6) is 0 Å². The quantitative estimate of drug-likeness (QED) is 0.513. The van der Waals surface area contributed by atoms with E-state index in [2.05, 4.69) is 110 Å². The highest BCUT2D eigenvalue weighted by molar-refractivity contribution is 5.76. The molecule has 1 aliphatic rings. The molecule has 146 valence electrons. The third-order valence-corrected chi connectivity index (χ3v) is 5.73. The number of benzene rings is 2. The first kappa shape index (κ1) is 19.2. The molecule has 2 nitrogen and oxygen atoms in total. The second-order valence-corrected chi connectivity index (χ2v) is 7.71. The summed E-state index contributed by atoms with van der Waals surface area (Å²) in [6.07, 6.45) is 12.3. The molecule has 0 fully saturated rings. The average molecular weight is 381 g/mol. The SMILES string of the molecule is CCC1/C=C\c2c(-c3ccccc3)ccnc2CN(C)/C=C\C1c1ccccc1. The summed E-state index contributed by atoms with van der Waals surface area (Å²) in [7, 11) is 2.13. The highest BCUT2D eigenvalue weighted by atomic mass is 15.1. The Kier molecular flexibility index (Phi) is 5.90. The monoisotopic (exact) mass is 380 g/mol. The number of hydrogen-bond donors (Lipinski definition) is 0. The van der Waals surface area contributed by atoms with Crippen molar-refractivity contribution >= 4 is 6.08 Å². The van der Waals surface area contributed by atoms with Crippen molar-refractivity contribution in [1.82, 2.24) is 9.88 Å². The maximum absolute atomic E-state index is 4.73. The van der Waals surface area contributed by atoms with E-state index in [4.69, 9.17) is 4.98 Å². The van der Waals surface area contributed by atoms with Crippen LogP contribution in [0.3, 0.4) is 0 Å². The fraction of sp³-hybridized carbons (Fsp3) is 0.222. The molecule has 2 aromatic carbocycles. The van der Waals surface area contributed by atoms with Crippen molar-refractivity contribution in [2.75, 3.05) is 7.05 Å². The molecule has 0 saturated heterocycles. The van der Waals surface area contributed by atoms with Gasteiger partial charge in [0.25, 0.3) is 0 Å². The van der Waals surface area contributed by atoms with Gasteiger partial charge in [-0.3, -0.25) is 4.98 Å². The number of aromatic nitrogens is 1. The van der Waals surface area contributed by atoms with Crippen LogP contribution in [0, 0.1) is 5.92 Å². The van der Waals surface area contributed by atoms with Gasteiger partial charge in [0, 0.05) is 24.7 Å². The minimum absolute atomic E-state index is 0.360. The van der Waals surface area contributed by atoms with Crippen LogP contribution in [0.25, 0.3) is 17.2 Å². The van der Waals surface area contributed by atoms with Crippen LogP contribution in [0.1, 0.15) is 36.1 Å². The van der Waals surface area contributed by atoms with Gasteiger partial charge in [0.2, 0.25) is 0 Å². The molecule has 0 saturated carbocycles. The largest absolute Gasteiger partial charge is 0.375 e. The van der Waals surface area contributed by atoms with Crippen molar-refractivity contribution in [1.29, 1.82) is 0 Å². The van der Waals surface area contributed by atoms with Crippen LogP contribution < -0.4 is 0 Å². The van der Waals surface area contributed by atoms with E-state index >= 15 is 0 Å². The van der Waals surface area contributed by atoms with Crippen molar-refractivity contribution in [3.8, 4) is 11.1 Å². The number of nitrogens with zero attached hydrogens (tertiary/aromatic N) is 2. The number of allylic oxidation sites excluding steroid dienone is 2. The number of rotatable bonds is 3. The fourth-order valence-corrected chi connectivity index (χ4v) is 4.13. The first-order valence-electron chi connectivity index (χ1n) is 10.4. The Hall–Kier alpha value is -3.13. The minimum atomic E-state index is 0.360. The van der Waals surface area contributed by atoms with Gasteiger partial charge in [-0.05, 0) is 41.3 Å². The summed E-state index contributed by atoms with van der Waals surface area (Å²) in [5.41, 5.74) is 6.19. The Bertz CT molecular complexity index is 990. The molecule has 3 aromatic rings. The van der Waals surface area contributed by atoms with E-state index in [-0.39, 0.29) is 0 Å². The van der Waals surface area contributed by atoms with Gasteiger partial charge in [0.05, 0.1) is 12.2 Å². The highest BCUT2D eigenvalue weighted by Crippen LogP contribution is 2.33. The summed E-state index contributed by atoms with van der Waals surface area (Å²) in [4.78, 5) is 6.97. The maximum atomic E-state index is 4.73. The molecule has 2 heteroatoms. The molecule has 0 N–H and O–H groups in total. The van der Waals surface area contributed by atoms with Gasteiger partial charge in [-0.2, -0.15) is 0 Å². The smallest absolute Gasteiger partial charge is 0.0674 e. The van der Waals surface area contributed by atoms with Gasteiger partial charge in [0.1, 0.15) is 0 Å². The van der Waals surface area contributed by atoms with Crippen molar-refractivity contribution in [2.24, 2.45) is 5.92 Å². The van der Waals surface area contributed by atoms with Gasteiger partial charge in [-0.1, -0.05) is 85.8 Å². The van der Waals surface area contributed by atoms with E-state index in [0.717, 1.165) is 18.7 Å². The Morgan fingerprint density at radius 1 is 0.931 bits per heavy atom. The Morgan fingerprint density at radius 2 is 1.66 bits per heavy atom. The van der Waals surface area contributed by atoms with Crippen LogP contribution in [0.4, 0.5) is 0 Å². The molecular formula is C27H28N2. The molecule has 1 aliphatic heterocycles. The van der Waals surface area contributed by atoms with Crippen LogP contribution >= 0.6 is 0 Å². The van der Waals surface area contributed by atoms with Crippen molar-refractivity contribution in [3.63, 3.8) is 0 Å². The van der Waals surface area contributed by atoms with Crippen LogP contribution in [0.15, 0.2) is 91.3 Å². The third-order valence-electron chi connectivity index (χ3n) is 5.73. The second kappa shape index (κ2) is 8.91. The van der Waals surface area contributed by atoms with Crippen LogP contribution in [-0.2, 0) is 6.54 Å². The summed E-state index contributed by atoms with van der Waals surface area (Å²) in [6, 6.07) is 23.6. The van der Waals surface area contributed by atoms with E-state index in [9.17, 15) is 0 Å². The zero-order valence-electron chi connectivity index (χ0n) is 17.2. The number of fused-ring (bicyclic) bond motifs is 1. The first-order chi connectivity index (χ1) is 14.3. The molecule has 0 aliphatic carbocycles. The predicted molar refractivity (Wildman–Crippen MR) is 122 cm³/mol. The van der Waals surface area contributed by atoms with E-state index in [0.29, 0.717) is 11.8 Å². The van der Waals surface area contributed by atoms with Gasteiger partial charge in [0.15, 0.2) is 0 Å². The molecule has 0 bridgehead atoms. The summed E-state index contributed by atoms with van der Waals surface area (Å²) in [5.74, 6) is 0.787. The standard InChI is InChI=1S/C27H28N2/c1-3-21-14-15-26-25(23-12-8-5-9-13-23)16-18-28-27(26)20-29(2)19-17-24(21)22-10-6-4-7-11-22/h4-19,21,24H,3,20H2,1-2H3/b15-14-,19-17-. The average Bonchev–Trinajstić information content (AvgIpc) is 2.77. The molecule has 1 aromatic heterocycles. The molecular weight excluding hydrogens is 352 g/mol. The minimum Gasteiger partial charge on any atom is -0.375 e. The lowest BCUT2D eigenvalue weighted by atomic mass is 9.83. The number of hydrogen-bond acceptors (Lipinski definition) is 2. The van der Waals surface area contributed by atoms with E-state index in [1.807, 2.05) is 6.20 Å². The molecule has 0 spiro atoms. The van der Waals surface area contributed by atoms with Gasteiger partial charge < -0.3 is 4.90 Å². The van der Waals surface area contributed by atoms with Crippen molar-refractivity contribution < 1.29 is 0 Å². The highest BCUT2D eigenvalue weighted by Gasteiger charge is 2.19. The molecule has 2 heterocycles. The van der Waals surface area contributed by atoms with Gasteiger partial charge in [-0.25, -0.2) is 0 Å². The van der Waals surface area contributed by atoms with Crippen LogP contribution in [0.2, 0.25) is 0 Å². The maximum Gasteiger partial charge on any atom is 0.0674 e. The lowest BCUT2D eigenvalue weighted by Crippen LogP contribution is -2.16. The van der Waals surface area contributed by atoms with E-state index < -0.39 is 0 Å². The summed E-state index contributed by atoms with van der Waals surface area (Å²) in [5, 5.41) is 0. The molecule has 29 heavy (non-hydrogen) atoms. The Balaban J connectivity index is 1.82. The summed E-state index contributed by atoms with van der Waals surface area (Å²) >= 11 is 0. The molecule has 0 amide bonds. The lowest BCUT2D eigenvalue weighted by molar-refractivity contribution is 0.436. The normalized spacial score (nSPS) is 21.2. The topological polar surface area (TPSA) is 16.1 Å². The van der Waals surface area contributed by atoms with Gasteiger partial charge >= 0.3 is 0 Å². The Labute approximate surface area is 174 Å². The second-order valence-electron chi connectivity index (χ2n) is 7.71. The van der Waals surface area contributed by atoms with Crippen molar-refractivity contribution in [2.45, 2.75) is 25.8 Å². The lowest BCUT2D eigenvalue weighted by Gasteiger charge is -2.25. The van der Waals surface area contributed by atoms with Crippen LogP contribution in [-0.4, -0.2) is 16.9 Å². The summed E-state index contributed by atoms with van der Waals surface area (Å²) < 4.78 is 0. The van der Waals surface area contributed by atoms with Gasteiger partial charge in [-0.15, -0.1) is 0 Å². The molecule has 2 unspecified atom stereocenters. The fourth-order valence-electron chi connectivity index (χ4n) is 4.13. The van der Waals surface area contributed by atoms with E-state index in [1.54, 1.807) is 0 Å². The third kappa shape index (κ3) is 4.32. The zero-order chi connectivity index (χ0) is 20.1. The number of pyridine rings is 1. The zero-order valence-corrected chi connectivity index (χ0v) is 17.2. The van der Waals surface area contributed by atoms with E-state index in [1.165, 1.54) is 22.3 Å². The van der Waals surface area contributed by atoms with Crippen molar-refractivity contribution in [3.05, 3.63) is 108 Å². The first-order valence-corrected chi connectivity index (χ1v) is 10.4. The predicted octanol–water partition coefficient (Wildman–Crippen LogP) is 6.53. The Morgan fingerprint density at radius 3 is 2.38 bits per heavy atom. The molecule has 2 atom stereocenters. The molecule has 0 radical (unpaired) electrons. The molecule has 4 rings (SSSR count). The summed E-state index contributed by atoms with van der Waals surface area (Å²) in [6.45, 7) is 3.06.